The van der Waals surface area contributed by atoms with Gasteiger partial charge in [0.2, 0.25) is 0 Å². The molecule has 1 aliphatic rings. The van der Waals surface area contributed by atoms with E-state index in [0.29, 0.717) is 31.8 Å². The number of aryl methyl sites for hydroxylation is 1. The Labute approximate surface area is 150 Å². The molecule has 1 aromatic rings. The summed E-state index contributed by atoms with van der Waals surface area (Å²) in [4.78, 5) is 26.1. The fourth-order valence-corrected chi connectivity index (χ4v) is 3.22. The van der Waals surface area contributed by atoms with Gasteiger partial charge in [0.05, 0.1) is 13.0 Å². The summed E-state index contributed by atoms with van der Waals surface area (Å²) in [6, 6.07) is 6.11. The number of carbonyl (C=O) groups excluding carboxylic acids is 2. The first-order valence-electron chi connectivity index (χ1n) is 8.97. The van der Waals surface area contributed by atoms with Crippen LogP contribution in [0.25, 0.3) is 0 Å². The summed E-state index contributed by atoms with van der Waals surface area (Å²) in [5, 5.41) is 0. The summed E-state index contributed by atoms with van der Waals surface area (Å²) >= 11 is 0. The monoisotopic (exact) mass is 347 g/mol. The van der Waals surface area contributed by atoms with Gasteiger partial charge in [-0.15, -0.1) is 0 Å². The van der Waals surface area contributed by atoms with Crippen molar-refractivity contribution in [3.05, 3.63) is 29.3 Å². The number of piperidine rings is 1. The molecule has 5 nitrogen and oxygen atoms in total. The Kier molecular flexibility index (Phi) is 6.45. The molecule has 1 aromatic carbocycles. The minimum atomic E-state index is -0.547. The van der Waals surface area contributed by atoms with Gasteiger partial charge in [0, 0.05) is 13.1 Å². The summed E-state index contributed by atoms with van der Waals surface area (Å²) in [6.45, 7) is 9.17. The number of rotatable bonds is 5. The van der Waals surface area contributed by atoms with Gasteiger partial charge in [-0.25, -0.2) is 0 Å². The predicted molar refractivity (Wildman–Crippen MR) is 96.7 cm³/mol. The number of likely N-dealkylation sites (tertiary alicyclic amines) is 1. The second kappa shape index (κ2) is 8.37. The SMILES string of the molecule is COC(=O)C1CCN(C(=O)[C@@H](C)Oc2cc(C)ccc2C(C)C)CC1. The molecule has 1 amide bonds. The lowest BCUT2D eigenvalue weighted by atomic mass is 9.96. The minimum absolute atomic E-state index is 0.0282. The maximum absolute atomic E-state index is 12.7. The zero-order chi connectivity index (χ0) is 18.6. The zero-order valence-electron chi connectivity index (χ0n) is 15.9. The van der Waals surface area contributed by atoms with Gasteiger partial charge in [-0.05, 0) is 49.8 Å². The van der Waals surface area contributed by atoms with Crippen molar-refractivity contribution in [3.8, 4) is 5.75 Å². The van der Waals surface area contributed by atoms with E-state index in [2.05, 4.69) is 26.0 Å². The standard InChI is InChI=1S/C20H29NO4/c1-13(2)17-7-6-14(3)12-18(17)25-15(4)19(22)21-10-8-16(9-11-21)20(23)24-5/h6-7,12-13,15-16H,8-11H2,1-5H3/t15-/m1/s1. The van der Waals surface area contributed by atoms with Crippen molar-refractivity contribution in [2.24, 2.45) is 5.92 Å². The van der Waals surface area contributed by atoms with Gasteiger partial charge in [0.25, 0.3) is 5.91 Å². The van der Waals surface area contributed by atoms with E-state index in [1.54, 1.807) is 11.8 Å². The summed E-state index contributed by atoms with van der Waals surface area (Å²) in [6.07, 6.45) is 0.744. The number of nitrogens with zero attached hydrogens (tertiary/aromatic N) is 1. The highest BCUT2D eigenvalue weighted by Crippen LogP contribution is 2.29. The van der Waals surface area contributed by atoms with Crippen LogP contribution in [0.15, 0.2) is 18.2 Å². The quantitative estimate of drug-likeness (QED) is 0.767. The Balaban J connectivity index is 2.00. The molecule has 1 heterocycles. The van der Waals surface area contributed by atoms with E-state index in [1.165, 1.54) is 7.11 Å². The molecule has 0 unspecified atom stereocenters. The molecule has 1 atom stereocenters. The fraction of sp³-hybridized carbons (Fsp3) is 0.600. The number of ether oxygens (including phenoxy) is 2. The van der Waals surface area contributed by atoms with Crippen molar-refractivity contribution < 1.29 is 19.1 Å². The van der Waals surface area contributed by atoms with Crippen LogP contribution in [0.4, 0.5) is 0 Å². The average molecular weight is 347 g/mol. The lowest BCUT2D eigenvalue weighted by Gasteiger charge is -2.32. The summed E-state index contributed by atoms with van der Waals surface area (Å²) in [5.74, 6) is 0.792. The topological polar surface area (TPSA) is 55.8 Å². The number of amides is 1. The van der Waals surface area contributed by atoms with Crippen molar-refractivity contribution in [1.82, 2.24) is 4.90 Å². The second-order valence-electron chi connectivity index (χ2n) is 7.08. The largest absolute Gasteiger partial charge is 0.481 e. The van der Waals surface area contributed by atoms with E-state index in [1.807, 2.05) is 13.0 Å². The molecule has 1 fully saturated rings. The Bertz CT molecular complexity index is 618. The van der Waals surface area contributed by atoms with E-state index < -0.39 is 6.10 Å². The van der Waals surface area contributed by atoms with Crippen molar-refractivity contribution in [3.63, 3.8) is 0 Å². The van der Waals surface area contributed by atoms with Crippen molar-refractivity contribution in [2.45, 2.75) is 52.6 Å². The number of hydrogen-bond donors (Lipinski definition) is 0. The molecule has 0 N–H and O–H groups in total. The molecule has 0 radical (unpaired) electrons. The third-order valence-electron chi connectivity index (χ3n) is 4.78. The van der Waals surface area contributed by atoms with Crippen LogP contribution in [-0.4, -0.2) is 43.1 Å². The third kappa shape index (κ3) is 4.74. The Morgan fingerprint density at radius 1 is 1.16 bits per heavy atom. The number of esters is 1. The van der Waals surface area contributed by atoms with E-state index in [9.17, 15) is 9.59 Å². The van der Waals surface area contributed by atoms with E-state index >= 15 is 0 Å². The van der Waals surface area contributed by atoms with Crippen molar-refractivity contribution in [1.29, 1.82) is 0 Å². The summed E-state index contributed by atoms with van der Waals surface area (Å²) in [7, 11) is 1.41. The van der Waals surface area contributed by atoms with Crippen LogP contribution in [0.2, 0.25) is 0 Å². The molecule has 1 aliphatic heterocycles. The highest BCUT2D eigenvalue weighted by Gasteiger charge is 2.30. The maximum atomic E-state index is 12.7. The van der Waals surface area contributed by atoms with Gasteiger partial charge in [-0.3, -0.25) is 9.59 Å². The number of carbonyl (C=O) groups is 2. The van der Waals surface area contributed by atoms with Gasteiger partial charge in [0.1, 0.15) is 5.75 Å². The summed E-state index contributed by atoms with van der Waals surface area (Å²) < 4.78 is 10.8. The molecule has 5 heteroatoms. The molecule has 0 aromatic heterocycles. The van der Waals surface area contributed by atoms with Crippen LogP contribution < -0.4 is 4.74 Å². The number of methoxy groups -OCH3 is 1. The average Bonchev–Trinajstić information content (AvgIpc) is 2.60. The Morgan fingerprint density at radius 3 is 2.36 bits per heavy atom. The molecular weight excluding hydrogens is 318 g/mol. The minimum Gasteiger partial charge on any atom is -0.481 e. The molecule has 0 aliphatic carbocycles. The highest BCUT2D eigenvalue weighted by molar-refractivity contribution is 5.81. The van der Waals surface area contributed by atoms with Gasteiger partial charge in [-0.1, -0.05) is 26.0 Å². The lowest BCUT2D eigenvalue weighted by Crippen LogP contribution is -2.45. The first kappa shape index (κ1) is 19.3. The van der Waals surface area contributed by atoms with Crippen molar-refractivity contribution >= 4 is 11.9 Å². The van der Waals surface area contributed by atoms with Gasteiger partial charge >= 0.3 is 5.97 Å². The molecule has 0 spiro atoms. The molecule has 25 heavy (non-hydrogen) atoms. The molecule has 138 valence electrons. The Hall–Kier alpha value is -2.04. The van der Waals surface area contributed by atoms with Crippen LogP contribution in [0.5, 0.6) is 5.75 Å². The van der Waals surface area contributed by atoms with Crippen LogP contribution in [0.3, 0.4) is 0 Å². The van der Waals surface area contributed by atoms with Crippen LogP contribution >= 0.6 is 0 Å². The molecular formula is C20H29NO4. The number of hydrogen-bond acceptors (Lipinski definition) is 4. The van der Waals surface area contributed by atoms with E-state index in [0.717, 1.165) is 16.9 Å². The predicted octanol–water partition coefficient (Wildman–Crippen LogP) is 3.30. The lowest BCUT2D eigenvalue weighted by molar-refractivity contribution is -0.150. The smallest absolute Gasteiger partial charge is 0.308 e. The first-order chi connectivity index (χ1) is 11.8. The van der Waals surface area contributed by atoms with Gasteiger partial charge in [0.15, 0.2) is 6.10 Å². The molecule has 0 saturated carbocycles. The van der Waals surface area contributed by atoms with E-state index in [-0.39, 0.29) is 17.8 Å². The highest BCUT2D eigenvalue weighted by atomic mass is 16.5. The molecule has 0 bridgehead atoms. The van der Waals surface area contributed by atoms with Gasteiger partial charge < -0.3 is 14.4 Å². The van der Waals surface area contributed by atoms with Crippen molar-refractivity contribution in [2.75, 3.05) is 20.2 Å². The summed E-state index contributed by atoms with van der Waals surface area (Å²) in [5.41, 5.74) is 2.22. The fourth-order valence-electron chi connectivity index (χ4n) is 3.22. The zero-order valence-corrected chi connectivity index (χ0v) is 15.9. The number of benzene rings is 1. The molecule has 1 saturated heterocycles. The normalized spacial score (nSPS) is 16.6. The van der Waals surface area contributed by atoms with Crippen LogP contribution in [0.1, 0.15) is 50.7 Å². The van der Waals surface area contributed by atoms with Gasteiger partial charge in [-0.2, -0.15) is 0 Å². The van der Waals surface area contributed by atoms with E-state index in [4.69, 9.17) is 9.47 Å². The first-order valence-corrected chi connectivity index (χ1v) is 8.97. The maximum Gasteiger partial charge on any atom is 0.308 e. The third-order valence-corrected chi connectivity index (χ3v) is 4.78. The Morgan fingerprint density at radius 2 is 1.80 bits per heavy atom. The van der Waals surface area contributed by atoms with Crippen LogP contribution in [-0.2, 0) is 14.3 Å². The molecule has 2 rings (SSSR count). The second-order valence-corrected chi connectivity index (χ2v) is 7.08. The van der Waals surface area contributed by atoms with Crippen LogP contribution in [0, 0.1) is 12.8 Å².